The van der Waals surface area contributed by atoms with Gasteiger partial charge in [-0.15, -0.1) is 0 Å². The predicted octanol–water partition coefficient (Wildman–Crippen LogP) is 5.84. The lowest BCUT2D eigenvalue weighted by molar-refractivity contribution is 1.07. The topological polar surface area (TPSA) is 4.41 Å². The van der Waals surface area contributed by atoms with Gasteiger partial charge in [-0.2, -0.15) is 0 Å². The van der Waals surface area contributed by atoms with Gasteiger partial charge in [0.05, 0.1) is 0 Å². The number of hydrogen-bond donors (Lipinski definition) is 0. The second-order valence-corrected chi connectivity index (χ2v) is 5.90. The van der Waals surface area contributed by atoms with Gasteiger partial charge in [0.15, 0.2) is 0 Å². The third kappa shape index (κ3) is 2.66. The SMILES string of the molecule is CCc1ccc2cc(-c3ccc(-c4ccccc4)cc3)cn2c1. The van der Waals surface area contributed by atoms with E-state index in [0.717, 1.165) is 6.42 Å². The van der Waals surface area contributed by atoms with Crippen LogP contribution in [-0.2, 0) is 6.42 Å². The molecule has 2 heterocycles. The first-order valence-electron chi connectivity index (χ1n) is 8.10. The van der Waals surface area contributed by atoms with E-state index in [1.165, 1.54) is 33.3 Å². The molecule has 0 aliphatic heterocycles. The smallest absolute Gasteiger partial charge is 0.0456 e. The Kier molecular flexibility index (Phi) is 3.47. The summed E-state index contributed by atoms with van der Waals surface area (Å²) < 4.78 is 2.22. The summed E-state index contributed by atoms with van der Waals surface area (Å²) in [5.74, 6) is 0. The first-order valence-corrected chi connectivity index (χ1v) is 8.10. The lowest BCUT2D eigenvalue weighted by Crippen LogP contribution is -1.85. The van der Waals surface area contributed by atoms with Gasteiger partial charge in [-0.3, -0.25) is 0 Å². The molecule has 0 aliphatic carbocycles. The molecule has 0 unspecified atom stereocenters. The maximum atomic E-state index is 2.25. The number of aryl methyl sites for hydroxylation is 1. The lowest BCUT2D eigenvalue weighted by Gasteiger charge is -2.03. The van der Waals surface area contributed by atoms with Crippen LogP contribution in [0.1, 0.15) is 12.5 Å². The van der Waals surface area contributed by atoms with E-state index in [0.29, 0.717) is 0 Å². The molecule has 1 nitrogen and oxygen atoms in total. The molecule has 0 N–H and O–H groups in total. The van der Waals surface area contributed by atoms with E-state index < -0.39 is 0 Å². The number of hydrogen-bond acceptors (Lipinski definition) is 0. The van der Waals surface area contributed by atoms with E-state index >= 15 is 0 Å². The number of benzene rings is 2. The van der Waals surface area contributed by atoms with Gasteiger partial charge in [0.1, 0.15) is 0 Å². The molecule has 112 valence electrons. The third-order valence-electron chi connectivity index (χ3n) is 4.39. The maximum absolute atomic E-state index is 2.25. The molecule has 0 spiro atoms. The Morgan fingerprint density at radius 2 is 1.30 bits per heavy atom. The van der Waals surface area contributed by atoms with Crippen molar-refractivity contribution in [3.8, 4) is 22.3 Å². The summed E-state index contributed by atoms with van der Waals surface area (Å²) in [6.45, 7) is 2.19. The Hall–Kier alpha value is -2.80. The van der Waals surface area contributed by atoms with Gasteiger partial charge in [-0.1, -0.05) is 67.6 Å². The van der Waals surface area contributed by atoms with E-state index in [1.54, 1.807) is 0 Å². The fourth-order valence-electron chi connectivity index (χ4n) is 3.01. The lowest BCUT2D eigenvalue weighted by atomic mass is 10.0. The normalized spacial score (nSPS) is 11.0. The highest BCUT2D eigenvalue weighted by atomic mass is 14.9. The largest absolute Gasteiger partial charge is 0.323 e. The highest BCUT2D eigenvalue weighted by Crippen LogP contribution is 2.26. The number of nitrogens with zero attached hydrogens (tertiary/aromatic N) is 1. The molecule has 0 saturated heterocycles. The van der Waals surface area contributed by atoms with Crippen LogP contribution >= 0.6 is 0 Å². The minimum Gasteiger partial charge on any atom is -0.323 e. The van der Waals surface area contributed by atoms with Crippen molar-refractivity contribution in [2.75, 3.05) is 0 Å². The van der Waals surface area contributed by atoms with Crippen molar-refractivity contribution in [3.05, 3.63) is 90.8 Å². The van der Waals surface area contributed by atoms with Crippen molar-refractivity contribution < 1.29 is 0 Å². The van der Waals surface area contributed by atoms with E-state index in [1.807, 2.05) is 0 Å². The fourth-order valence-corrected chi connectivity index (χ4v) is 3.01. The highest BCUT2D eigenvalue weighted by molar-refractivity contribution is 5.73. The van der Waals surface area contributed by atoms with Crippen LogP contribution < -0.4 is 0 Å². The molecule has 0 saturated carbocycles. The van der Waals surface area contributed by atoms with Crippen molar-refractivity contribution in [1.29, 1.82) is 0 Å². The van der Waals surface area contributed by atoms with Crippen LogP contribution in [-0.4, -0.2) is 4.40 Å². The minimum absolute atomic E-state index is 1.06. The van der Waals surface area contributed by atoms with Crippen LogP contribution in [0.25, 0.3) is 27.8 Å². The number of rotatable bonds is 3. The summed E-state index contributed by atoms with van der Waals surface area (Å²) in [6, 6.07) is 26.0. The molecule has 0 radical (unpaired) electrons. The third-order valence-corrected chi connectivity index (χ3v) is 4.39. The summed E-state index contributed by atoms with van der Waals surface area (Å²) in [4.78, 5) is 0. The maximum Gasteiger partial charge on any atom is 0.0456 e. The zero-order valence-electron chi connectivity index (χ0n) is 13.2. The molecule has 23 heavy (non-hydrogen) atoms. The van der Waals surface area contributed by atoms with Crippen molar-refractivity contribution in [2.24, 2.45) is 0 Å². The fraction of sp³-hybridized carbons (Fsp3) is 0.0909. The summed E-state index contributed by atoms with van der Waals surface area (Å²) in [5, 5.41) is 0. The first kappa shape index (κ1) is 13.8. The highest BCUT2D eigenvalue weighted by Gasteiger charge is 2.04. The Morgan fingerprint density at radius 3 is 2.00 bits per heavy atom. The van der Waals surface area contributed by atoms with Crippen molar-refractivity contribution in [1.82, 2.24) is 4.40 Å². The molecular formula is C22H19N. The quantitative estimate of drug-likeness (QED) is 0.448. The van der Waals surface area contributed by atoms with Crippen LogP contribution in [0.15, 0.2) is 85.2 Å². The van der Waals surface area contributed by atoms with Crippen LogP contribution in [0, 0.1) is 0 Å². The Bertz CT molecular complexity index is 931. The molecule has 4 aromatic rings. The molecule has 0 bridgehead atoms. The van der Waals surface area contributed by atoms with Gasteiger partial charge >= 0.3 is 0 Å². The van der Waals surface area contributed by atoms with Gasteiger partial charge in [-0.25, -0.2) is 0 Å². The average molecular weight is 297 g/mol. The zero-order valence-corrected chi connectivity index (χ0v) is 13.2. The van der Waals surface area contributed by atoms with Crippen LogP contribution in [0.2, 0.25) is 0 Å². The zero-order chi connectivity index (χ0) is 15.6. The second-order valence-electron chi connectivity index (χ2n) is 5.90. The second kappa shape index (κ2) is 5.77. The minimum atomic E-state index is 1.06. The number of pyridine rings is 1. The molecule has 2 aromatic carbocycles. The van der Waals surface area contributed by atoms with Crippen molar-refractivity contribution in [3.63, 3.8) is 0 Å². The number of fused-ring (bicyclic) bond motifs is 1. The summed E-state index contributed by atoms with van der Waals surface area (Å²) in [5.41, 5.74) is 7.63. The van der Waals surface area contributed by atoms with E-state index in [9.17, 15) is 0 Å². The van der Waals surface area contributed by atoms with Gasteiger partial charge < -0.3 is 4.40 Å². The van der Waals surface area contributed by atoms with E-state index in [4.69, 9.17) is 0 Å². The molecule has 1 heteroatoms. The Morgan fingerprint density at radius 1 is 0.652 bits per heavy atom. The molecular weight excluding hydrogens is 278 g/mol. The summed E-state index contributed by atoms with van der Waals surface area (Å²) >= 11 is 0. The summed E-state index contributed by atoms with van der Waals surface area (Å²) in [6.07, 6.45) is 5.50. The average Bonchev–Trinajstić information content (AvgIpc) is 3.05. The van der Waals surface area contributed by atoms with Gasteiger partial charge in [0, 0.05) is 23.5 Å². The summed E-state index contributed by atoms with van der Waals surface area (Å²) in [7, 11) is 0. The standard InChI is InChI=1S/C22H19N/c1-2-17-8-13-22-14-21(16-23(22)15-17)20-11-9-19(10-12-20)18-6-4-3-5-7-18/h3-16H,2H2,1H3. The van der Waals surface area contributed by atoms with Crippen molar-refractivity contribution >= 4 is 5.52 Å². The Balaban J connectivity index is 1.70. The Labute approximate surface area is 136 Å². The van der Waals surface area contributed by atoms with Gasteiger partial charge in [0.25, 0.3) is 0 Å². The first-order chi connectivity index (χ1) is 11.3. The monoisotopic (exact) mass is 297 g/mol. The van der Waals surface area contributed by atoms with E-state index in [-0.39, 0.29) is 0 Å². The van der Waals surface area contributed by atoms with Gasteiger partial charge in [-0.05, 0) is 40.8 Å². The molecule has 0 fully saturated rings. The molecule has 4 rings (SSSR count). The molecule has 0 aliphatic rings. The van der Waals surface area contributed by atoms with Gasteiger partial charge in [0.2, 0.25) is 0 Å². The molecule has 0 atom stereocenters. The molecule has 2 aromatic heterocycles. The van der Waals surface area contributed by atoms with Crippen LogP contribution in [0.3, 0.4) is 0 Å². The van der Waals surface area contributed by atoms with Crippen LogP contribution in [0.4, 0.5) is 0 Å². The predicted molar refractivity (Wildman–Crippen MR) is 97.6 cm³/mol. The van der Waals surface area contributed by atoms with E-state index in [2.05, 4.69) is 96.5 Å². The molecule has 0 amide bonds. The van der Waals surface area contributed by atoms with Crippen LogP contribution in [0.5, 0.6) is 0 Å². The number of aromatic nitrogens is 1. The van der Waals surface area contributed by atoms with Crippen molar-refractivity contribution in [2.45, 2.75) is 13.3 Å².